The monoisotopic (exact) mass is 563 g/mol. The molecule has 3 rings (SSSR count). The van der Waals surface area contributed by atoms with Crippen molar-refractivity contribution < 1.29 is 19.1 Å². The van der Waals surface area contributed by atoms with Crippen molar-refractivity contribution in [3.63, 3.8) is 0 Å². The minimum absolute atomic E-state index is 0.0293. The number of aromatic amines is 1. The number of rotatable bonds is 20. The average molecular weight is 564 g/mol. The molecule has 41 heavy (non-hydrogen) atoms. The summed E-state index contributed by atoms with van der Waals surface area (Å²) in [5.74, 6) is 0.791. The number of unbranched alkanes of at least 4 members (excludes halogenated alkanes) is 6. The van der Waals surface area contributed by atoms with Crippen LogP contribution in [0.5, 0.6) is 5.75 Å². The zero-order chi connectivity index (χ0) is 29.3. The number of hydrogen-bond acceptors (Lipinski definition) is 4. The number of para-hydroxylation sites is 1. The van der Waals surface area contributed by atoms with Crippen LogP contribution >= 0.6 is 0 Å². The van der Waals surface area contributed by atoms with Gasteiger partial charge in [0.15, 0.2) is 0 Å². The van der Waals surface area contributed by atoms with E-state index in [2.05, 4.69) is 24.0 Å². The summed E-state index contributed by atoms with van der Waals surface area (Å²) in [6.45, 7) is 6.69. The molecule has 224 valence electrons. The Balaban J connectivity index is 1.66. The second-order valence-electron chi connectivity index (χ2n) is 10.7. The molecule has 0 aliphatic heterocycles. The van der Waals surface area contributed by atoms with Crippen LogP contribution in [-0.2, 0) is 27.3 Å². The SMILES string of the molecule is CCCCCCCCCC(=O)N(CCOC)CC(=O)N(CCc1c[nH]c2ccccc12)Cc1ccc(OCC)cc1. The van der Waals surface area contributed by atoms with E-state index >= 15 is 0 Å². The fourth-order valence-electron chi connectivity index (χ4n) is 5.11. The maximum absolute atomic E-state index is 13.8. The van der Waals surface area contributed by atoms with E-state index in [9.17, 15) is 9.59 Å². The van der Waals surface area contributed by atoms with Gasteiger partial charge >= 0.3 is 0 Å². The predicted molar refractivity (Wildman–Crippen MR) is 166 cm³/mol. The summed E-state index contributed by atoms with van der Waals surface area (Å²) < 4.78 is 10.9. The molecule has 3 aromatic rings. The maximum atomic E-state index is 13.8. The third-order valence-corrected chi connectivity index (χ3v) is 7.52. The summed E-state index contributed by atoms with van der Waals surface area (Å²) >= 11 is 0. The quantitative estimate of drug-likeness (QED) is 0.154. The van der Waals surface area contributed by atoms with Crippen LogP contribution in [0.15, 0.2) is 54.7 Å². The van der Waals surface area contributed by atoms with Crippen LogP contribution in [0.4, 0.5) is 0 Å². The van der Waals surface area contributed by atoms with Gasteiger partial charge in [-0.2, -0.15) is 0 Å². The van der Waals surface area contributed by atoms with Gasteiger partial charge < -0.3 is 24.3 Å². The highest BCUT2D eigenvalue weighted by Crippen LogP contribution is 2.20. The van der Waals surface area contributed by atoms with Crippen LogP contribution in [0.25, 0.3) is 10.9 Å². The van der Waals surface area contributed by atoms with Gasteiger partial charge in [-0.3, -0.25) is 9.59 Å². The fraction of sp³-hybridized carbons (Fsp3) is 0.529. The lowest BCUT2D eigenvalue weighted by molar-refractivity contribution is -0.141. The summed E-state index contributed by atoms with van der Waals surface area (Å²) in [5.41, 5.74) is 3.29. The largest absolute Gasteiger partial charge is 0.494 e. The van der Waals surface area contributed by atoms with Gasteiger partial charge in [0.25, 0.3) is 0 Å². The first-order valence-corrected chi connectivity index (χ1v) is 15.4. The van der Waals surface area contributed by atoms with Gasteiger partial charge in [0, 0.05) is 50.3 Å². The zero-order valence-corrected chi connectivity index (χ0v) is 25.3. The Hall–Kier alpha value is -3.32. The molecular weight excluding hydrogens is 514 g/mol. The molecule has 2 aromatic carbocycles. The van der Waals surface area contributed by atoms with Gasteiger partial charge in [0.1, 0.15) is 5.75 Å². The number of benzene rings is 2. The molecule has 0 saturated carbocycles. The van der Waals surface area contributed by atoms with Crippen LogP contribution in [0, 0.1) is 0 Å². The normalized spacial score (nSPS) is 11.1. The summed E-state index contributed by atoms with van der Waals surface area (Å²) in [7, 11) is 1.63. The van der Waals surface area contributed by atoms with Crippen molar-refractivity contribution in [1.82, 2.24) is 14.8 Å². The summed E-state index contributed by atoms with van der Waals surface area (Å²) in [6, 6.07) is 16.1. The number of hydrogen-bond donors (Lipinski definition) is 1. The van der Waals surface area contributed by atoms with Crippen molar-refractivity contribution in [3.05, 3.63) is 65.9 Å². The maximum Gasteiger partial charge on any atom is 0.242 e. The lowest BCUT2D eigenvalue weighted by atomic mass is 10.1. The molecule has 2 amide bonds. The first-order chi connectivity index (χ1) is 20.0. The van der Waals surface area contributed by atoms with Crippen LogP contribution in [0.1, 0.15) is 76.3 Å². The van der Waals surface area contributed by atoms with E-state index in [0.29, 0.717) is 39.3 Å². The van der Waals surface area contributed by atoms with Crippen molar-refractivity contribution in [3.8, 4) is 5.75 Å². The molecule has 0 spiro atoms. The van der Waals surface area contributed by atoms with Crippen molar-refractivity contribution >= 4 is 22.7 Å². The van der Waals surface area contributed by atoms with E-state index in [1.165, 1.54) is 36.6 Å². The number of carbonyl (C=O) groups is 2. The number of aromatic nitrogens is 1. The van der Waals surface area contributed by atoms with Crippen molar-refractivity contribution in [2.45, 2.75) is 78.2 Å². The van der Waals surface area contributed by atoms with E-state index in [0.717, 1.165) is 42.5 Å². The molecule has 0 atom stereocenters. The number of ether oxygens (including phenoxy) is 2. The van der Waals surface area contributed by atoms with E-state index in [1.807, 2.05) is 54.4 Å². The van der Waals surface area contributed by atoms with Gasteiger partial charge in [-0.15, -0.1) is 0 Å². The van der Waals surface area contributed by atoms with Gasteiger partial charge in [-0.05, 0) is 49.1 Å². The number of methoxy groups -OCH3 is 1. The van der Waals surface area contributed by atoms with Crippen LogP contribution in [-0.4, -0.2) is 66.6 Å². The highest BCUT2D eigenvalue weighted by molar-refractivity contribution is 5.85. The van der Waals surface area contributed by atoms with Crippen molar-refractivity contribution in [1.29, 1.82) is 0 Å². The Morgan fingerprint density at radius 3 is 2.29 bits per heavy atom. The second kappa shape index (κ2) is 18.2. The van der Waals surface area contributed by atoms with E-state index in [4.69, 9.17) is 9.47 Å². The first kappa shape index (κ1) is 32.2. The molecule has 0 unspecified atom stereocenters. The molecular formula is C34H49N3O4. The van der Waals surface area contributed by atoms with Crippen molar-refractivity contribution in [2.24, 2.45) is 0 Å². The molecule has 0 aliphatic carbocycles. The van der Waals surface area contributed by atoms with Crippen LogP contribution in [0.2, 0.25) is 0 Å². The highest BCUT2D eigenvalue weighted by Gasteiger charge is 2.22. The number of H-pyrrole nitrogens is 1. The molecule has 0 fully saturated rings. The summed E-state index contributed by atoms with van der Waals surface area (Å²) in [4.78, 5) is 33.8. The molecule has 7 heteroatoms. The molecule has 0 saturated heterocycles. The number of nitrogens with zero attached hydrogens (tertiary/aromatic N) is 2. The van der Waals surface area contributed by atoms with Gasteiger partial charge in [-0.1, -0.05) is 75.8 Å². The fourth-order valence-corrected chi connectivity index (χ4v) is 5.11. The molecule has 0 bridgehead atoms. The molecule has 0 radical (unpaired) electrons. The topological polar surface area (TPSA) is 74.9 Å². The zero-order valence-electron chi connectivity index (χ0n) is 25.3. The molecule has 0 aliphatic rings. The van der Waals surface area contributed by atoms with Gasteiger partial charge in [0.05, 0.1) is 19.8 Å². The number of amides is 2. The number of fused-ring (bicyclic) bond motifs is 1. The Morgan fingerprint density at radius 1 is 0.829 bits per heavy atom. The van der Waals surface area contributed by atoms with E-state index in [-0.39, 0.29) is 18.4 Å². The van der Waals surface area contributed by atoms with E-state index in [1.54, 1.807) is 12.0 Å². The molecule has 7 nitrogen and oxygen atoms in total. The minimum atomic E-state index is -0.0530. The van der Waals surface area contributed by atoms with Crippen LogP contribution < -0.4 is 4.74 Å². The first-order valence-electron chi connectivity index (χ1n) is 15.4. The van der Waals surface area contributed by atoms with Crippen molar-refractivity contribution in [2.75, 3.05) is 40.0 Å². The summed E-state index contributed by atoms with van der Waals surface area (Å²) in [6.07, 6.45) is 11.3. The standard InChI is InChI=1S/C34H49N3O4/c1-4-6-7-8-9-10-11-16-33(38)37(23-24-40-3)27-34(39)36(26-28-17-19-30(20-18-28)41-5-2)22-21-29-25-35-32-15-13-12-14-31(29)32/h12-15,17-20,25,35H,4-11,16,21-24,26-27H2,1-3H3. The molecule has 1 aromatic heterocycles. The lowest BCUT2D eigenvalue weighted by Crippen LogP contribution is -2.44. The Kier molecular flexibility index (Phi) is 14.3. The Labute approximate surface area is 246 Å². The number of carbonyl (C=O) groups excluding carboxylic acids is 2. The minimum Gasteiger partial charge on any atom is -0.494 e. The molecule has 1 heterocycles. The van der Waals surface area contributed by atoms with Gasteiger partial charge in [0.2, 0.25) is 11.8 Å². The van der Waals surface area contributed by atoms with Crippen LogP contribution in [0.3, 0.4) is 0 Å². The third-order valence-electron chi connectivity index (χ3n) is 7.52. The van der Waals surface area contributed by atoms with E-state index < -0.39 is 0 Å². The smallest absolute Gasteiger partial charge is 0.242 e. The molecule has 1 N–H and O–H groups in total. The third kappa shape index (κ3) is 10.9. The predicted octanol–water partition coefficient (Wildman–Crippen LogP) is 6.75. The lowest BCUT2D eigenvalue weighted by Gasteiger charge is -2.28. The van der Waals surface area contributed by atoms with Gasteiger partial charge in [-0.25, -0.2) is 0 Å². The average Bonchev–Trinajstić information content (AvgIpc) is 3.40. The Bertz CT molecular complexity index is 1170. The number of nitrogens with one attached hydrogen (secondary N) is 1. The Morgan fingerprint density at radius 2 is 1.56 bits per heavy atom. The second-order valence-corrected chi connectivity index (χ2v) is 10.7. The highest BCUT2D eigenvalue weighted by atomic mass is 16.5. The summed E-state index contributed by atoms with van der Waals surface area (Å²) in [5, 5.41) is 1.17.